The molecule has 8 N–H and O–H groups in total. The van der Waals surface area contributed by atoms with E-state index >= 15 is 0 Å². The number of allylic oxidation sites excluding steroid dienone is 4. The van der Waals surface area contributed by atoms with Crippen molar-refractivity contribution in [1.82, 2.24) is 0 Å². The van der Waals surface area contributed by atoms with E-state index < -0.39 is 133 Å². The minimum absolute atomic E-state index is 0.0293. The first-order valence-electron chi connectivity index (χ1n) is 37.1. The number of aliphatic hydroxyl groups excluding tert-OH is 8. The van der Waals surface area contributed by atoms with Gasteiger partial charge in [-0.15, -0.1) is 0 Å². The Morgan fingerprint density at radius 1 is 0.449 bits per heavy atom. The summed E-state index contributed by atoms with van der Waals surface area (Å²) in [7, 11) is 6.58. The highest BCUT2D eigenvalue weighted by molar-refractivity contribution is 5.83. The van der Waals surface area contributed by atoms with Crippen molar-refractivity contribution in [3.63, 3.8) is 0 Å². The molecule has 5 aliphatic rings. The number of carbonyl (C=O) groups excluding carboxylic acids is 2. The number of hydrogen-bond acceptors (Lipinski definition) is 20. The first-order chi connectivity index (χ1) is 46.4. The Kier molecular flexibility index (Phi) is 37.6. The van der Waals surface area contributed by atoms with Crippen molar-refractivity contribution >= 4 is 11.9 Å². The molecule has 0 saturated carbocycles. The van der Waals surface area contributed by atoms with Crippen LogP contribution in [0.1, 0.15) is 199 Å². The standard InChI is InChI=1S/C78H132O20/c1-45-23-29-57(79)37-59-19-17-21-61(95-59)41-71(91-15)52(8)68(82)44-70(84)54(10)78(56(12)76(88)48(4)28-32-64-40-66(90-14)36-50(6)94-64)98-74(86)34-26-46(2)24-30-58(80)38-60-20-18-22-62(96-60)42-72(92-16)51(7)67(81)43-69(83)53(9)77(97-73(85)33-25-45)55(11)75(87)47(3)27-31-63-39-65(89-13)35-49(5)93-63/h17-20,23-26,33-34,47-72,75-84,87-88H,21-22,27-32,35-44H2,1-16H3/t47-,48-,49-,50-,51-,52-,53-,54?,55-,56-,57-,58-,59-,60-,61-,62-,63-,64-,65+,66+,67-,68-,69+,70+,71-,72-,75?,76-,77-,78-/m0/s1. The van der Waals surface area contributed by atoms with Gasteiger partial charge in [0.15, 0.2) is 0 Å². The maximum absolute atomic E-state index is 13.9. The zero-order valence-corrected chi connectivity index (χ0v) is 62.3. The van der Waals surface area contributed by atoms with E-state index in [9.17, 15) is 50.4 Å². The number of ether oxygens (including phenoxy) is 10. The second-order valence-electron chi connectivity index (χ2n) is 30.3. The highest BCUT2D eigenvalue weighted by atomic mass is 16.6. The predicted octanol–water partition coefficient (Wildman–Crippen LogP) is 10.1. The molecular weight excluding hydrogens is 1260 g/mol. The topological polar surface area (TPSA) is 288 Å². The van der Waals surface area contributed by atoms with Gasteiger partial charge >= 0.3 is 11.9 Å². The average Bonchev–Trinajstić information content (AvgIpc) is 0.853. The van der Waals surface area contributed by atoms with Gasteiger partial charge in [-0.05, 0) is 129 Å². The van der Waals surface area contributed by atoms with Crippen LogP contribution in [0.4, 0.5) is 0 Å². The van der Waals surface area contributed by atoms with Crippen LogP contribution < -0.4 is 0 Å². The lowest BCUT2D eigenvalue weighted by Gasteiger charge is -2.38. The van der Waals surface area contributed by atoms with Crippen molar-refractivity contribution in [2.75, 3.05) is 28.4 Å². The van der Waals surface area contributed by atoms with E-state index in [1.165, 1.54) is 12.2 Å². The summed E-state index contributed by atoms with van der Waals surface area (Å²) in [5.74, 6) is -5.50. The lowest BCUT2D eigenvalue weighted by molar-refractivity contribution is -0.158. The molecule has 98 heavy (non-hydrogen) atoms. The van der Waals surface area contributed by atoms with Crippen LogP contribution in [0.3, 0.4) is 0 Å². The number of fused-ring (bicyclic) bond motifs is 4. The first-order valence-corrected chi connectivity index (χ1v) is 37.1. The zero-order valence-electron chi connectivity index (χ0n) is 62.3. The summed E-state index contributed by atoms with van der Waals surface area (Å²) in [4.78, 5) is 27.8. The Morgan fingerprint density at radius 2 is 0.806 bits per heavy atom. The first kappa shape index (κ1) is 85.4. The monoisotopic (exact) mass is 1390 g/mol. The van der Waals surface area contributed by atoms with E-state index in [1.807, 2.05) is 106 Å². The number of hydrogen-bond donors (Lipinski definition) is 8. The predicted molar refractivity (Wildman–Crippen MR) is 377 cm³/mol. The van der Waals surface area contributed by atoms with Crippen LogP contribution in [0, 0.1) is 47.3 Å². The Bertz CT molecular complexity index is 2320. The number of esters is 2. The highest BCUT2D eigenvalue weighted by Gasteiger charge is 2.42. The van der Waals surface area contributed by atoms with E-state index in [0.29, 0.717) is 62.5 Å². The lowest BCUT2D eigenvalue weighted by atomic mass is 9.78. The van der Waals surface area contributed by atoms with Crippen LogP contribution in [0.25, 0.3) is 0 Å². The van der Waals surface area contributed by atoms with Gasteiger partial charge in [-0.25, -0.2) is 9.59 Å². The third-order valence-corrected chi connectivity index (χ3v) is 22.3. The van der Waals surface area contributed by atoms with Crippen LogP contribution in [0.5, 0.6) is 0 Å². The molecule has 5 aliphatic heterocycles. The van der Waals surface area contributed by atoms with Crippen LogP contribution in [0.15, 0.2) is 71.9 Å². The fraction of sp³-hybridized carbons (Fsp3) is 0.821. The van der Waals surface area contributed by atoms with Gasteiger partial charge in [-0.2, -0.15) is 0 Å². The van der Waals surface area contributed by atoms with Gasteiger partial charge < -0.3 is 88.2 Å². The number of cyclic esters (lactones) is 2. The normalized spacial score (nSPS) is 39.3. The van der Waals surface area contributed by atoms with Crippen molar-refractivity contribution in [1.29, 1.82) is 0 Å². The molecule has 30 atom stereocenters. The molecule has 2 saturated heterocycles. The zero-order chi connectivity index (χ0) is 72.5. The number of aliphatic hydroxyl groups is 8. The third-order valence-electron chi connectivity index (χ3n) is 22.3. The van der Waals surface area contributed by atoms with Crippen molar-refractivity contribution in [2.24, 2.45) is 47.3 Å². The molecule has 5 rings (SSSR count). The summed E-state index contributed by atoms with van der Waals surface area (Å²) in [6.07, 6.45) is 14.1. The Labute approximate surface area is 587 Å². The maximum atomic E-state index is 13.9. The second kappa shape index (κ2) is 43.1. The molecular formula is C78H132O20. The molecule has 20 heteroatoms. The molecule has 5 heterocycles. The largest absolute Gasteiger partial charge is 0.458 e. The smallest absolute Gasteiger partial charge is 0.331 e. The molecule has 20 nitrogen and oxygen atoms in total. The van der Waals surface area contributed by atoms with Crippen LogP contribution in [0.2, 0.25) is 0 Å². The van der Waals surface area contributed by atoms with Gasteiger partial charge in [0, 0.05) is 102 Å². The maximum Gasteiger partial charge on any atom is 0.331 e. The van der Waals surface area contributed by atoms with Gasteiger partial charge in [0.2, 0.25) is 0 Å². The van der Waals surface area contributed by atoms with E-state index in [2.05, 4.69) is 0 Å². The Hall–Kier alpha value is -3.26. The van der Waals surface area contributed by atoms with Crippen molar-refractivity contribution < 1.29 is 97.8 Å². The van der Waals surface area contributed by atoms with Gasteiger partial charge in [0.25, 0.3) is 0 Å². The summed E-state index contributed by atoms with van der Waals surface area (Å²) in [5.41, 5.74) is 1.39. The summed E-state index contributed by atoms with van der Waals surface area (Å²) in [6, 6.07) is 0. The molecule has 564 valence electrons. The van der Waals surface area contributed by atoms with E-state index in [-0.39, 0.29) is 99.2 Å². The van der Waals surface area contributed by atoms with Gasteiger partial charge in [-0.3, -0.25) is 0 Å². The molecule has 2 unspecified atom stereocenters. The lowest BCUT2D eigenvalue weighted by Crippen LogP contribution is -2.45. The van der Waals surface area contributed by atoms with Gasteiger partial charge in [0.1, 0.15) is 12.2 Å². The Balaban J connectivity index is 1.36. The second-order valence-corrected chi connectivity index (χ2v) is 30.3. The number of carbonyl (C=O) groups is 2. The van der Waals surface area contributed by atoms with Crippen LogP contribution in [-0.4, -0.2) is 216 Å². The summed E-state index contributed by atoms with van der Waals surface area (Å²) in [6.45, 7) is 22.5. The van der Waals surface area contributed by atoms with Gasteiger partial charge in [0.05, 0.1) is 122 Å². The molecule has 0 aromatic rings. The molecule has 0 spiro atoms. The molecule has 0 aromatic carbocycles. The summed E-state index contributed by atoms with van der Waals surface area (Å²) in [5, 5.41) is 94.4. The highest BCUT2D eigenvalue weighted by Crippen LogP contribution is 2.37. The minimum atomic E-state index is -1.16. The summed E-state index contributed by atoms with van der Waals surface area (Å²) >= 11 is 0. The molecule has 0 aromatic heterocycles. The molecule has 4 bridgehead atoms. The minimum Gasteiger partial charge on any atom is -0.458 e. The van der Waals surface area contributed by atoms with E-state index in [0.717, 1.165) is 25.7 Å². The average molecular weight is 1390 g/mol. The van der Waals surface area contributed by atoms with E-state index in [1.54, 1.807) is 54.4 Å². The molecule has 0 amide bonds. The molecule has 0 aliphatic carbocycles. The van der Waals surface area contributed by atoms with Crippen molar-refractivity contribution in [3.8, 4) is 0 Å². The SMILES string of the molecule is CO[C@H]1C[C@H](CC[C@H](C)C(O)[C@H](C)[C@H]2OC(=O)C=CC(C)=CC[C@H](O)C[C@@H]3C=CC[C@@H](C[C@H](OC)[C@@H](C)[C@@H](O)C[C@@H](O)C(C)[C@@H]([C@@H](C)[C@@H](O)[C@@H](C)CC[C@H]4C[C@H](OC)C[C@H](C)O4)OC(=O)C=CC(C)=CC[C@H](O)C[C@@H]4C=CC[C@@H](C[C@H](OC)[C@@H](C)[C@@H](O)C[C@@H](O)[C@@H]2C)O4)O3)O[C@@H](C)C1. The summed E-state index contributed by atoms with van der Waals surface area (Å²) < 4.78 is 61.3. The molecule has 2 fully saturated rings. The van der Waals surface area contributed by atoms with Crippen LogP contribution in [-0.2, 0) is 57.0 Å². The fourth-order valence-corrected chi connectivity index (χ4v) is 15.3. The van der Waals surface area contributed by atoms with Crippen molar-refractivity contribution in [2.45, 2.75) is 333 Å². The van der Waals surface area contributed by atoms with Gasteiger partial charge in [-0.1, -0.05) is 115 Å². The third kappa shape index (κ3) is 28.1. The molecule has 0 radical (unpaired) electrons. The van der Waals surface area contributed by atoms with E-state index in [4.69, 9.17) is 47.4 Å². The Morgan fingerprint density at radius 3 is 1.15 bits per heavy atom. The number of rotatable bonds is 16. The van der Waals surface area contributed by atoms with Crippen LogP contribution >= 0.6 is 0 Å². The fourth-order valence-electron chi connectivity index (χ4n) is 15.3. The quantitative estimate of drug-likeness (QED) is 0.0527. The number of methoxy groups -OCH3 is 4. The van der Waals surface area contributed by atoms with Crippen molar-refractivity contribution in [3.05, 3.63) is 71.9 Å².